The zero-order chi connectivity index (χ0) is 10.4. The lowest BCUT2D eigenvalue weighted by molar-refractivity contribution is 0.301. The highest BCUT2D eigenvalue weighted by Gasteiger charge is 2.07. The SMILES string of the molecule is CCCN(CCO)c1ncccc1C. The lowest BCUT2D eigenvalue weighted by atomic mass is 10.2. The number of aliphatic hydroxyl groups is 1. The summed E-state index contributed by atoms with van der Waals surface area (Å²) < 4.78 is 0. The van der Waals surface area contributed by atoms with Gasteiger partial charge in [-0.2, -0.15) is 0 Å². The first-order chi connectivity index (χ1) is 6.79. The molecule has 0 atom stereocenters. The number of nitrogens with zero attached hydrogens (tertiary/aromatic N) is 2. The summed E-state index contributed by atoms with van der Waals surface area (Å²) in [7, 11) is 0. The average Bonchev–Trinajstić information content (AvgIpc) is 2.18. The molecule has 1 aromatic heterocycles. The average molecular weight is 194 g/mol. The molecule has 1 aromatic rings. The van der Waals surface area contributed by atoms with E-state index in [4.69, 9.17) is 5.11 Å². The van der Waals surface area contributed by atoms with Gasteiger partial charge in [-0.15, -0.1) is 0 Å². The van der Waals surface area contributed by atoms with Crippen LogP contribution in [0.25, 0.3) is 0 Å². The monoisotopic (exact) mass is 194 g/mol. The molecule has 14 heavy (non-hydrogen) atoms. The van der Waals surface area contributed by atoms with E-state index in [-0.39, 0.29) is 6.61 Å². The van der Waals surface area contributed by atoms with E-state index >= 15 is 0 Å². The summed E-state index contributed by atoms with van der Waals surface area (Å²) in [5.74, 6) is 0.989. The van der Waals surface area contributed by atoms with Gasteiger partial charge >= 0.3 is 0 Å². The van der Waals surface area contributed by atoms with Crippen LogP contribution in [-0.4, -0.2) is 29.8 Å². The van der Waals surface area contributed by atoms with Gasteiger partial charge in [-0.25, -0.2) is 4.98 Å². The molecule has 1 N–H and O–H groups in total. The minimum Gasteiger partial charge on any atom is -0.395 e. The Morgan fingerprint density at radius 3 is 2.79 bits per heavy atom. The van der Waals surface area contributed by atoms with Crippen molar-refractivity contribution in [3.05, 3.63) is 23.9 Å². The summed E-state index contributed by atoms with van der Waals surface area (Å²) in [6, 6.07) is 3.98. The van der Waals surface area contributed by atoms with Gasteiger partial charge in [-0.3, -0.25) is 0 Å². The Hall–Kier alpha value is -1.09. The molecule has 0 radical (unpaired) electrons. The van der Waals surface area contributed by atoms with Crippen LogP contribution < -0.4 is 4.90 Å². The molecule has 0 saturated heterocycles. The van der Waals surface area contributed by atoms with E-state index in [2.05, 4.69) is 16.8 Å². The number of aryl methyl sites for hydroxylation is 1. The maximum atomic E-state index is 8.95. The van der Waals surface area contributed by atoms with Gasteiger partial charge < -0.3 is 10.0 Å². The van der Waals surface area contributed by atoms with Crippen molar-refractivity contribution in [2.45, 2.75) is 20.3 Å². The van der Waals surface area contributed by atoms with Gasteiger partial charge in [0.15, 0.2) is 0 Å². The standard InChI is InChI=1S/C11H18N2O/c1-3-7-13(8-9-14)11-10(2)5-4-6-12-11/h4-6,14H,3,7-9H2,1-2H3. The number of hydrogen-bond acceptors (Lipinski definition) is 3. The predicted molar refractivity (Wildman–Crippen MR) is 58.6 cm³/mol. The van der Waals surface area contributed by atoms with Crippen molar-refractivity contribution in [1.82, 2.24) is 4.98 Å². The van der Waals surface area contributed by atoms with Gasteiger partial charge in [0, 0.05) is 19.3 Å². The van der Waals surface area contributed by atoms with E-state index in [1.165, 1.54) is 0 Å². The molecule has 78 valence electrons. The third-order valence-corrected chi connectivity index (χ3v) is 2.14. The van der Waals surface area contributed by atoms with Gasteiger partial charge in [-0.05, 0) is 25.0 Å². The molecule has 3 heteroatoms. The minimum absolute atomic E-state index is 0.177. The van der Waals surface area contributed by atoms with Crippen molar-refractivity contribution in [2.24, 2.45) is 0 Å². The summed E-state index contributed by atoms with van der Waals surface area (Å²) in [6.07, 6.45) is 2.86. The highest BCUT2D eigenvalue weighted by molar-refractivity contribution is 5.45. The number of anilines is 1. The zero-order valence-corrected chi connectivity index (χ0v) is 8.90. The van der Waals surface area contributed by atoms with E-state index in [1.807, 2.05) is 19.1 Å². The van der Waals surface area contributed by atoms with E-state index in [0.29, 0.717) is 6.54 Å². The molecule has 3 nitrogen and oxygen atoms in total. The van der Waals surface area contributed by atoms with Crippen molar-refractivity contribution >= 4 is 5.82 Å². The van der Waals surface area contributed by atoms with Crippen LogP contribution in [0.4, 0.5) is 5.82 Å². The first kappa shape index (κ1) is 11.0. The number of aromatic nitrogens is 1. The summed E-state index contributed by atoms with van der Waals surface area (Å²) in [6.45, 7) is 5.95. The smallest absolute Gasteiger partial charge is 0.131 e. The van der Waals surface area contributed by atoms with E-state index in [1.54, 1.807) is 6.20 Å². The first-order valence-corrected chi connectivity index (χ1v) is 5.07. The Bertz CT molecular complexity index is 270. The second kappa shape index (κ2) is 5.60. The number of rotatable bonds is 5. The van der Waals surface area contributed by atoms with Crippen LogP contribution in [0.1, 0.15) is 18.9 Å². The molecule has 1 heterocycles. The second-order valence-electron chi connectivity index (χ2n) is 3.35. The van der Waals surface area contributed by atoms with Gasteiger partial charge in [0.1, 0.15) is 5.82 Å². The van der Waals surface area contributed by atoms with E-state index in [0.717, 1.165) is 24.3 Å². The van der Waals surface area contributed by atoms with Crippen molar-refractivity contribution in [3.8, 4) is 0 Å². The Kier molecular flexibility index (Phi) is 4.40. The van der Waals surface area contributed by atoms with Crippen LogP contribution in [0.3, 0.4) is 0 Å². The largest absolute Gasteiger partial charge is 0.395 e. The van der Waals surface area contributed by atoms with Crippen LogP contribution in [0.15, 0.2) is 18.3 Å². The number of aliphatic hydroxyl groups excluding tert-OH is 1. The van der Waals surface area contributed by atoms with Crippen molar-refractivity contribution in [3.63, 3.8) is 0 Å². The maximum absolute atomic E-state index is 8.95. The summed E-state index contributed by atoms with van der Waals surface area (Å²) >= 11 is 0. The summed E-state index contributed by atoms with van der Waals surface area (Å²) in [4.78, 5) is 6.45. The Morgan fingerprint density at radius 1 is 1.43 bits per heavy atom. The fourth-order valence-electron chi connectivity index (χ4n) is 1.52. The summed E-state index contributed by atoms with van der Waals surface area (Å²) in [5, 5.41) is 8.95. The highest BCUT2D eigenvalue weighted by atomic mass is 16.3. The molecule has 0 aliphatic carbocycles. The summed E-state index contributed by atoms with van der Waals surface area (Å²) in [5.41, 5.74) is 1.16. The van der Waals surface area contributed by atoms with Crippen molar-refractivity contribution in [2.75, 3.05) is 24.6 Å². The number of hydrogen-bond donors (Lipinski definition) is 1. The molecule has 0 aliphatic heterocycles. The Morgan fingerprint density at radius 2 is 2.21 bits per heavy atom. The first-order valence-electron chi connectivity index (χ1n) is 5.07. The molecule has 0 aliphatic rings. The highest BCUT2D eigenvalue weighted by Crippen LogP contribution is 2.15. The van der Waals surface area contributed by atoms with Gasteiger partial charge in [0.2, 0.25) is 0 Å². The normalized spacial score (nSPS) is 10.2. The molecule has 0 saturated carbocycles. The molecule has 0 unspecified atom stereocenters. The third-order valence-electron chi connectivity index (χ3n) is 2.14. The zero-order valence-electron chi connectivity index (χ0n) is 8.90. The van der Waals surface area contributed by atoms with Crippen LogP contribution in [-0.2, 0) is 0 Å². The molecule has 0 fully saturated rings. The fourth-order valence-corrected chi connectivity index (χ4v) is 1.52. The predicted octanol–water partition coefficient (Wildman–Crippen LogP) is 1.60. The maximum Gasteiger partial charge on any atom is 0.131 e. The number of pyridine rings is 1. The molecule has 1 rings (SSSR count). The Labute approximate surface area is 85.4 Å². The Balaban J connectivity index is 2.81. The van der Waals surface area contributed by atoms with Crippen molar-refractivity contribution in [1.29, 1.82) is 0 Å². The van der Waals surface area contributed by atoms with Crippen LogP contribution in [0.2, 0.25) is 0 Å². The lowest BCUT2D eigenvalue weighted by Gasteiger charge is -2.23. The van der Waals surface area contributed by atoms with E-state index in [9.17, 15) is 0 Å². The molecule has 0 spiro atoms. The lowest BCUT2D eigenvalue weighted by Crippen LogP contribution is -2.28. The van der Waals surface area contributed by atoms with Crippen LogP contribution in [0, 0.1) is 6.92 Å². The molecule has 0 bridgehead atoms. The molecule has 0 aromatic carbocycles. The molecular weight excluding hydrogens is 176 g/mol. The van der Waals surface area contributed by atoms with E-state index < -0.39 is 0 Å². The van der Waals surface area contributed by atoms with Gasteiger partial charge in [-0.1, -0.05) is 13.0 Å². The second-order valence-corrected chi connectivity index (χ2v) is 3.35. The fraction of sp³-hybridized carbons (Fsp3) is 0.545. The van der Waals surface area contributed by atoms with Gasteiger partial charge in [0.25, 0.3) is 0 Å². The molecular formula is C11H18N2O. The third kappa shape index (κ3) is 2.70. The van der Waals surface area contributed by atoms with Crippen LogP contribution in [0.5, 0.6) is 0 Å². The quantitative estimate of drug-likeness (QED) is 0.773. The minimum atomic E-state index is 0.177. The topological polar surface area (TPSA) is 36.4 Å². The van der Waals surface area contributed by atoms with Crippen molar-refractivity contribution < 1.29 is 5.11 Å². The molecule has 0 amide bonds. The van der Waals surface area contributed by atoms with Crippen LogP contribution >= 0.6 is 0 Å². The van der Waals surface area contributed by atoms with Gasteiger partial charge in [0.05, 0.1) is 6.61 Å².